The number of amides is 1. The van der Waals surface area contributed by atoms with E-state index in [2.05, 4.69) is 10.3 Å². The number of carbonyl (C=O) groups excluding carboxylic acids is 3. The molecule has 1 N–H and O–H groups in total. The number of imidazole rings is 1. The number of thioether (sulfide) groups is 1. The zero-order valence-electron chi connectivity index (χ0n) is 16.2. The van der Waals surface area contributed by atoms with Crippen LogP contribution in [-0.4, -0.2) is 40.1 Å². The highest BCUT2D eigenvalue weighted by molar-refractivity contribution is 7.98. The molecule has 0 radical (unpaired) electrons. The molecule has 30 heavy (non-hydrogen) atoms. The van der Waals surface area contributed by atoms with Crippen molar-refractivity contribution < 1.29 is 23.5 Å². The van der Waals surface area contributed by atoms with Gasteiger partial charge in [0.15, 0.2) is 23.2 Å². The van der Waals surface area contributed by atoms with E-state index in [-0.39, 0.29) is 11.6 Å². The minimum absolute atomic E-state index is 0.125. The molecule has 7 nitrogen and oxygen atoms in total. The Morgan fingerprint density at radius 2 is 1.77 bits per heavy atom. The minimum atomic E-state index is -0.727. The Balaban J connectivity index is 1.72. The summed E-state index contributed by atoms with van der Waals surface area (Å²) in [6.45, 7) is 0.930. The Morgan fingerprint density at radius 1 is 1.10 bits per heavy atom. The quantitative estimate of drug-likeness (QED) is 0.351. The van der Waals surface area contributed by atoms with Gasteiger partial charge in [0.05, 0.1) is 6.20 Å². The van der Waals surface area contributed by atoms with Gasteiger partial charge >= 0.3 is 5.97 Å². The molecule has 154 valence electrons. The van der Waals surface area contributed by atoms with Gasteiger partial charge in [0.2, 0.25) is 5.91 Å². The molecule has 0 bridgehead atoms. The monoisotopic (exact) mass is 427 g/mol. The number of nitrogens with one attached hydrogen (secondary N) is 1. The number of carbonyl (C=O) groups is 3. The number of hydrogen-bond donors (Lipinski definition) is 1. The number of halogens is 1. The Kier molecular flexibility index (Phi) is 6.63. The summed E-state index contributed by atoms with van der Waals surface area (Å²) < 4.78 is 20.0. The first-order chi connectivity index (χ1) is 14.4. The van der Waals surface area contributed by atoms with Crippen LogP contribution in [0.2, 0.25) is 0 Å². The van der Waals surface area contributed by atoms with Crippen LogP contribution in [0.15, 0.2) is 59.9 Å². The summed E-state index contributed by atoms with van der Waals surface area (Å²) in [5.74, 6) is -1.74. The SMILES string of the molecule is CSc1ncc(C(=O)OCC(=O)c2ccc(NC(C)=O)cc2)n1-c1ccc(F)cc1. The third-order valence-electron chi connectivity index (χ3n) is 4.07. The van der Waals surface area contributed by atoms with E-state index in [9.17, 15) is 18.8 Å². The number of hydrogen-bond acceptors (Lipinski definition) is 6. The zero-order valence-corrected chi connectivity index (χ0v) is 17.0. The fourth-order valence-electron chi connectivity index (χ4n) is 2.69. The lowest BCUT2D eigenvalue weighted by Gasteiger charge is -2.11. The van der Waals surface area contributed by atoms with Crippen molar-refractivity contribution in [3.63, 3.8) is 0 Å². The van der Waals surface area contributed by atoms with E-state index in [1.807, 2.05) is 0 Å². The van der Waals surface area contributed by atoms with Gasteiger partial charge in [-0.3, -0.25) is 14.2 Å². The third-order valence-corrected chi connectivity index (χ3v) is 4.72. The highest BCUT2D eigenvalue weighted by atomic mass is 32.2. The van der Waals surface area contributed by atoms with E-state index in [0.717, 1.165) is 0 Å². The summed E-state index contributed by atoms with van der Waals surface area (Å²) in [7, 11) is 0. The molecule has 1 heterocycles. The first-order valence-electron chi connectivity index (χ1n) is 8.84. The normalized spacial score (nSPS) is 10.5. The average molecular weight is 427 g/mol. The van der Waals surface area contributed by atoms with Gasteiger partial charge in [0, 0.05) is 23.9 Å². The highest BCUT2D eigenvalue weighted by Gasteiger charge is 2.20. The fraction of sp³-hybridized carbons (Fsp3) is 0.143. The Morgan fingerprint density at radius 3 is 2.37 bits per heavy atom. The molecule has 0 atom stereocenters. The number of esters is 1. The molecule has 0 saturated carbocycles. The van der Waals surface area contributed by atoms with Crippen LogP contribution in [0.5, 0.6) is 0 Å². The first kappa shape index (κ1) is 21.3. The van der Waals surface area contributed by atoms with Crippen molar-refractivity contribution in [3.8, 4) is 5.69 Å². The molecule has 9 heteroatoms. The summed E-state index contributed by atoms with van der Waals surface area (Å²) in [6, 6.07) is 11.9. The molecule has 1 aromatic heterocycles. The third kappa shape index (κ3) is 4.93. The molecule has 0 aliphatic carbocycles. The van der Waals surface area contributed by atoms with Crippen LogP contribution < -0.4 is 5.32 Å². The number of Topliss-reactive ketones (excluding diaryl/α,β-unsaturated/α-hetero) is 1. The number of ketones is 1. The molecule has 2 aromatic carbocycles. The number of nitrogens with zero attached hydrogens (tertiary/aromatic N) is 2. The van der Waals surface area contributed by atoms with Crippen LogP contribution in [0.1, 0.15) is 27.8 Å². The lowest BCUT2D eigenvalue weighted by molar-refractivity contribution is -0.114. The second-order valence-electron chi connectivity index (χ2n) is 6.20. The molecule has 0 spiro atoms. The van der Waals surface area contributed by atoms with Crippen molar-refractivity contribution in [2.45, 2.75) is 12.1 Å². The Bertz CT molecular complexity index is 1080. The summed E-state index contributed by atoms with van der Waals surface area (Å²) in [4.78, 5) is 40.2. The van der Waals surface area contributed by atoms with Gasteiger partial charge in [-0.05, 0) is 54.8 Å². The van der Waals surface area contributed by atoms with Gasteiger partial charge in [-0.2, -0.15) is 0 Å². The number of anilines is 1. The minimum Gasteiger partial charge on any atom is -0.453 e. The van der Waals surface area contributed by atoms with Crippen molar-refractivity contribution in [1.82, 2.24) is 9.55 Å². The topological polar surface area (TPSA) is 90.3 Å². The Labute approximate surface area is 176 Å². The predicted octanol–water partition coefficient (Wildman–Crippen LogP) is 3.73. The van der Waals surface area contributed by atoms with Crippen LogP contribution in [0.4, 0.5) is 10.1 Å². The average Bonchev–Trinajstić information content (AvgIpc) is 3.16. The van der Waals surface area contributed by atoms with Crippen molar-refractivity contribution >= 4 is 35.1 Å². The van der Waals surface area contributed by atoms with Crippen molar-refractivity contribution in [2.24, 2.45) is 0 Å². The molecule has 1 amide bonds. The fourth-order valence-corrected chi connectivity index (χ4v) is 3.24. The summed E-state index contributed by atoms with van der Waals surface area (Å²) in [5.41, 5.74) is 1.57. The summed E-state index contributed by atoms with van der Waals surface area (Å²) >= 11 is 1.31. The summed E-state index contributed by atoms with van der Waals surface area (Å²) in [5, 5.41) is 3.13. The molecule has 0 saturated heterocycles. The number of ether oxygens (including phenoxy) is 1. The molecular formula is C21H18FN3O4S. The second kappa shape index (κ2) is 9.36. The van der Waals surface area contributed by atoms with E-state index in [1.165, 1.54) is 61.3 Å². The maximum Gasteiger partial charge on any atom is 0.357 e. The van der Waals surface area contributed by atoms with E-state index in [0.29, 0.717) is 22.1 Å². The zero-order chi connectivity index (χ0) is 21.7. The lowest BCUT2D eigenvalue weighted by Crippen LogP contribution is -2.17. The van der Waals surface area contributed by atoms with E-state index >= 15 is 0 Å². The van der Waals surface area contributed by atoms with Gasteiger partial charge in [-0.15, -0.1) is 0 Å². The lowest BCUT2D eigenvalue weighted by atomic mass is 10.1. The smallest absolute Gasteiger partial charge is 0.357 e. The predicted molar refractivity (Wildman–Crippen MR) is 111 cm³/mol. The maximum atomic E-state index is 13.2. The van der Waals surface area contributed by atoms with E-state index in [1.54, 1.807) is 23.0 Å². The van der Waals surface area contributed by atoms with Crippen LogP contribution in [0.25, 0.3) is 5.69 Å². The molecule has 0 fully saturated rings. The highest BCUT2D eigenvalue weighted by Crippen LogP contribution is 2.22. The largest absolute Gasteiger partial charge is 0.453 e. The standard InChI is InChI=1S/C21H18FN3O4S/c1-13(26)24-16-7-3-14(4-8-16)19(27)12-29-20(28)18-11-23-21(30-2)25(18)17-9-5-15(22)6-10-17/h3-11H,12H2,1-2H3,(H,24,26). The van der Waals surface area contributed by atoms with Crippen molar-refractivity contribution in [3.05, 3.63) is 71.8 Å². The Hall–Kier alpha value is -3.46. The van der Waals surface area contributed by atoms with Crippen molar-refractivity contribution in [1.29, 1.82) is 0 Å². The molecule has 0 aliphatic rings. The van der Waals surface area contributed by atoms with Crippen LogP contribution in [0, 0.1) is 5.82 Å². The molecule has 3 aromatic rings. The van der Waals surface area contributed by atoms with Crippen LogP contribution in [0.3, 0.4) is 0 Å². The molecular weight excluding hydrogens is 409 g/mol. The van der Waals surface area contributed by atoms with Gasteiger partial charge in [0.1, 0.15) is 5.82 Å². The molecule has 3 rings (SSSR count). The van der Waals surface area contributed by atoms with Crippen LogP contribution in [-0.2, 0) is 9.53 Å². The first-order valence-corrected chi connectivity index (χ1v) is 10.1. The van der Waals surface area contributed by atoms with Gasteiger partial charge in [-0.25, -0.2) is 14.2 Å². The van der Waals surface area contributed by atoms with Crippen molar-refractivity contribution in [2.75, 3.05) is 18.2 Å². The molecule has 0 unspecified atom stereocenters. The van der Waals surface area contributed by atoms with Gasteiger partial charge in [0.25, 0.3) is 0 Å². The van der Waals surface area contributed by atoms with Gasteiger partial charge in [-0.1, -0.05) is 11.8 Å². The summed E-state index contributed by atoms with van der Waals surface area (Å²) in [6.07, 6.45) is 3.15. The van der Waals surface area contributed by atoms with Crippen LogP contribution >= 0.6 is 11.8 Å². The second-order valence-corrected chi connectivity index (χ2v) is 6.97. The maximum absolute atomic E-state index is 13.2. The number of aromatic nitrogens is 2. The van der Waals surface area contributed by atoms with Gasteiger partial charge < -0.3 is 10.1 Å². The number of benzene rings is 2. The number of rotatable bonds is 7. The molecule has 0 aliphatic heterocycles. The van der Waals surface area contributed by atoms with E-state index in [4.69, 9.17) is 4.74 Å². The van der Waals surface area contributed by atoms with E-state index < -0.39 is 24.2 Å².